The minimum absolute atomic E-state index is 0.273. The Bertz CT molecular complexity index is 327. The molecule has 0 aliphatic heterocycles. The molecule has 1 rings (SSSR count). The fraction of sp³-hybridized carbons (Fsp3) is 0.875. The molecular weight excluding hydrogens is 188 g/mol. The first kappa shape index (κ1) is 10.5. The summed E-state index contributed by atoms with van der Waals surface area (Å²) >= 11 is 0. The smallest absolute Gasteiger partial charge is 0.214 e. The predicted molar refractivity (Wildman–Crippen MR) is 49.3 cm³/mol. The largest absolute Gasteiger partial charge is 0.225 e. The monoisotopic (exact) mass is 202 g/mol. The summed E-state index contributed by atoms with van der Waals surface area (Å²) in [6.07, 6.45) is 1.06. The maximum atomic E-state index is 11.0. The number of nitrogens with one attached hydrogen (secondary N) is 1. The summed E-state index contributed by atoms with van der Waals surface area (Å²) in [6, 6.07) is 1.62. The van der Waals surface area contributed by atoms with Crippen molar-refractivity contribution >= 4 is 10.0 Å². The van der Waals surface area contributed by atoms with E-state index >= 15 is 0 Å². The van der Waals surface area contributed by atoms with Crippen molar-refractivity contribution in [3.05, 3.63) is 0 Å². The number of hydrogen-bond donors (Lipinski definition) is 1. The van der Waals surface area contributed by atoms with E-state index in [1.54, 1.807) is 6.07 Å². The van der Waals surface area contributed by atoms with Crippen molar-refractivity contribution in [3.63, 3.8) is 0 Å². The minimum Gasteiger partial charge on any atom is -0.214 e. The number of sulfonamides is 1. The van der Waals surface area contributed by atoms with Gasteiger partial charge in [0, 0.05) is 6.54 Å². The molecular formula is C8H14N2O2S. The molecule has 1 unspecified atom stereocenters. The molecule has 1 aliphatic carbocycles. The van der Waals surface area contributed by atoms with Crippen LogP contribution < -0.4 is 4.72 Å². The van der Waals surface area contributed by atoms with Crippen LogP contribution in [-0.4, -0.2) is 20.7 Å². The van der Waals surface area contributed by atoms with Gasteiger partial charge in [-0.25, -0.2) is 13.1 Å². The van der Waals surface area contributed by atoms with Crippen LogP contribution in [0.4, 0.5) is 0 Å². The van der Waals surface area contributed by atoms with Gasteiger partial charge in [-0.15, -0.1) is 0 Å². The van der Waals surface area contributed by atoms with Crippen LogP contribution in [0, 0.1) is 22.7 Å². The third-order valence-electron chi connectivity index (χ3n) is 2.52. The van der Waals surface area contributed by atoms with E-state index in [1.807, 2.05) is 0 Å². The van der Waals surface area contributed by atoms with Crippen LogP contribution in [0.5, 0.6) is 0 Å². The molecule has 1 atom stereocenters. The molecule has 1 fully saturated rings. The molecule has 0 amide bonds. The molecule has 4 nitrogen and oxygen atoms in total. The number of hydrogen-bond acceptors (Lipinski definition) is 3. The zero-order chi connectivity index (χ0) is 10.1. The molecule has 1 aliphatic rings. The highest BCUT2D eigenvalue weighted by Crippen LogP contribution is 2.51. The third-order valence-corrected chi connectivity index (χ3v) is 3.64. The molecule has 0 aromatic carbocycles. The molecule has 74 valence electrons. The van der Waals surface area contributed by atoms with Crippen molar-refractivity contribution in [2.24, 2.45) is 11.3 Å². The van der Waals surface area contributed by atoms with Crippen LogP contribution in [0.3, 0.4) is 0 Å². The lowest BCUT2D eigenvalue weighted by atomic mass is 10.1. The summed E-state index contributed by atoms with van der Waals surface area (Å²) in [7, 11) is -3.35. The molecule has 0 aromatic heterocycles. The van der Waals surface area contributed by atoms with Crippen molar-refractivity contribution in [1.82, 2.24) is 4.72 Å². The van der Waals surface area contributed by atoms with Gasteiger partial charge < -0.3 is 0 Å². The quantitative estimate of drug-likeness (QED) is 0.720. The highest BCUT2D eigenvalue weighted by atomic mass is 32.2. The first-order chi connectivity index (χ1) is 5.87. The van der Waals surface area contributed by atoms with Crippen molar-refractivity contribution in [1.29, 1.82) is 5.26 Å². The van der Waals surface area contributed by atoms with E-state index in [9.17, 15) is 8.42 Å². The van der Waals surface area contributed by atoms with E-state index in [0.29, 0.717) is 12.5 Å². The van der Waals surface area contributed by atoms with Crippen molar-refractivity contribution in [2.75, 3.05) is 12.3 Å². The Morgan fingerprint density at radius 3 is 2.54 bits per heavy atom. The van der Waals surface area contributed by atoms with Gasteiger partial charge in [-0.05, 0) is 17.8 Å². The summed E-state index contributed by atoms with van der Waals surface area (Å²) < 4.78 is 24.5. The maximum Gasteiger partial charge on any atom is 0.225 e. The fourth-order valence-electron chi connectivity index (χ4n) is 1.29. The molecule has 0 radical (unpaired) electrons. The zero-order valence-corrected chi connectivity index (χ0v) is 8.69. The summed E-state index contributed by atoms with van der Waals surface area (Å²) in [4.78, 5) is 0. The highest BCUT2D eigenvalue weighted by molar-refractivity contribution is 7.89. The van der Waals surface area contributed by atoms with Gasteiger partial charge in [-0.1, -0.05) is 13.8 Å². The van der Waals surface area contributed by atoms with Crippen LogP contribution in [0.1, 0.15) is 20.3 Å². The summed E-state index contributed by atoms with van der Waals surface area (Å²) in [5.41, 5.74) is 0.273. The van der Waals surface area contributed by atoms with Crippen molar-refractivity contribution < 1.29 is 8.42 Å². The lowest BCUT2D eigenvalue weighted by Crippen LogP contribution is -2.28. The SMILES string of the molecule is CC1(C)CC1CNS(=O)(=O)CC#N. The second-order valence-corrected chi connectivity index (χ2v) is 5.96. The number of nitriles is 1. The average molecular weight is 202 g/mol. The molecule has 1 N–H and O–H groups in total. The highest BCUT2D eigenvalue weighted by Gasteiger charge is 2.45. The van der Waals surface area contributed by atoms with Crippen LogP contribution in [-0.2, 0) is 10.0 Å². The Kier molecular flexibility index (Phi) is 2.64. The topological polar surface area (TPSA) is 70.0 Å². The van der Waals surface area contributed by atoms with Gasteiger partial charge in [0.1, 0.15) is 0 Å². The van der Waals surface area contributed by atoms with Gasteiger partial charge in [0.25, 0.3) is 0 Å². The van der Waals surface area contributed by atoms with Gasteiger partial charge >= 0.3 is 0 Å². The lowest BCUT2D eigenvalue weighted by Gasteiger charge is -2.04. The molecule has 1 saturated carbocycles. The Hall–Kier alpha value is -0.600. The van der Waals surface area contributed by atoms with Crippen LogP contribution in [0.15, 0.2) is 0 Å². The first-order valence-electron chi connectivity index (χ1n) is 4.22. The second-order valence-electron chi connectivity index (χ2n) is 4.16. The fourth-order valence-corrected chi connectivity index (χ4v) is 2.02. The van der Waals surface area contributed by atoms with E-state index in [4.69, 9.17) is 5.26 Å². The lowest BCUT2D eigenvalue weighted by molar-refractivity contribution is 0.539. The van der Waals surface area contributed by atoms with Crippen LogP contribution >= 0.6 is 0 Å². The van der Waals surface area contributed by atoms with Crippen LogP contribution in [0.2, 0.25) is 0 Å². The van der Waals surface area contributed by atoms with Crippen molar-refractivity contribution in [2.45, 2.75) is 20.3 Å². The average Bonchev–Trinajstić information content (AvgIpc) is 2.55. The summed E-state index contributed by atoms with van der Waals surface area (Å²) in [5, 5.41) is 8.22. The minimum atomic E-state index is -3.35. The van der Waals surface area contributed by atoms with Gasteiger partial charge in [0.05, 0.1) is 6.07 Å². The Balaban J connectivity index is 2.33. The maximum absolute atomic E-state index is 11.0. The molecule has 0 aromatic rings. The zero-order valence-electron chi connectivity index (χ0n) is 7.87. The summed E-state index contributed by atoms with van der Waals surface area (Å²) in [6.45, 7) is 4.68. The van der Waals surface area contributed by atoms with Crippen LogP contribution in [0.25, 0.3) is 0 Å². The van der Waals surface area contributed by atoms with E-state index in [-0.39, 0.29) is 5.41 Å². The van der Waals surface area contributed by atoms with Gasteiger partial charge in [-0.2, -0.15) is 5.26 Å². The van der Waals surface area contributed by atoms with E-state index < -0.39 is 15.8 Å². The number of rotatable bonds is 4. The van der Waals surface area contributed by atoms with E-state index in [1.165, 1.54) is 0 Å². The summed E-state index contributed by atoms with van der Waals surface area (Å²) in [5.74, 6) is -0.0128. The molecule has 5 heteroatoms. The molecule has 0 saturated heterocycles. The van der Waals surface area contributed by atoms with E-state index in [2.05, 4.69) is 18.6 Å². The van der Waals surface area contributed by atoms with Gasteiger partial charge in [0.15, 0.2) is 5.75 Å². The Morgan fingerprint density at radius 2 is 2.15 bits per heavy atom. The Morgan fingerprint density at radius 1 is 1.62 bits per heavy atom. The molecule has 13 heavy (non-hydrogen) atoms. The van der Waals surface area contributed by atoms with Gasteiger partial charge in [0.2, 0.25) is 10.0 Å². The molecule has 0 bridgehead atoms. The van der Waals surface area contributed by atoms with E-state index in [0.717, 1.165) is 6.42 Å². The predicted octanol–water partition coefficient (Wildman–Crippen LogP) is 0.475. The molecule has 0 heterocycles. The number of nitrogens with zero attached hydrogens (tertiary/aromatic N) is 1. The van der Waals surface area contributed by atoms with Crippen molar-refractivity contribution in [3.8, 4) is 6.07 Å². The third kappa shape index (κ3) is 2.98. The standard InChI is InChI=1S/C8H14N2O2S/c1-8(2)5-7(8)6-10-13(11,12)4-3-9/h7,10H,4-6H2,1-2H3. The Labute approximate surface area is 79.0 Å². The first-order valence-corrected chi connectivity index (χ1v) is 5.87. The second kappa shape index (κ2) is 3.28. The normalized spacial score (nSPS) is 25.2. The molecule has 0 spiro atoms. The van der Waals surface area contributed by atoms with Gasteiger partial charge in [-0.3, -0.25) is 0 Å².